The molecule has 0 aromatic heterocycles. The summed E-state index contributed by atoms with van der Waals surface area (Å²) >= 11 is 0. The maximum absolute atomic E-state index is 13.1. The van der Waals surface area contributed by atoms with Crippen molar-refractivity contribution in [3.8, 4) is 5.75 Å². The first kappa shape index (κ1) is 31.6. The van der Waals surface area contributed by atoms with Gasteiger partial charge in [0.1, 0.15) is 11.5 Å². The van der Waals surface area contributed by atoms with Crippen LogP contribution < -0.4 is 4.74 Å². The number of esters is 2. The number of alkyl halides is 3. The van der Waals surface area contributed by atoms with E-state index in [0.29, 0.717) is 29.7 Å². The molecule has 0 amide bonds. The minimum atomic E-state index is -4.64. The number of aldehydes is 1. The molecule has 0 unspecified atom stereocenters. The molecule has 236 valence electrons. The first-order valence-electron chi connectivity index (χ1n) is 14.0. The van der Waals surface area contributed by atoms with Crippen LogP contribution in [0.2, 0.25) is 0 Å². The van der Waals surface area contributed by atoms with Gasteiger partial charge in [-0.2, -0.15) is 13.2 Å². The SMILES string of the molecule is C[C@H](OC(=O)[C@@H](O)c1ccccc1)C(=O)OC1=CC[C@@]2(O)[C@H]3Cc4ccc(CO)c5c4[C@@]2(CCN3C)[C@H]1O5.O=CC(F)(F)F. The molecule has 2 aliphatic heterocycles. The summed E-state index contributed by atoms with van der Waals surface area (Å²) in [5, 5.41) is 32.6. The van der Waals surface area contributed by atoms with Crippen LogP contribution in [0.3, 0.4) is 0 Å². The average molecular weight is 620 g/mol. The highest BCUT2D eigenvalue weighted by Gasteiger charge is 2.72. The summed E-state index contributed by atoms with van der Waals surface area (Å²) in [5.74, 6) is -0.972. The third kappa shape index (κ3) is 5.17. The van der Waals surface area contributed by atoms with Crippen molar-refractivity contribution in [3.63, 3.8) is 0 Å². The third-order valence-electron chi connectivity index (χ3n) is 8.94. The summed E-state index contributed by atoms with van der Waals surface area (Å²) in [7, 11) is 2.01. The fourth-order valence-electron chi connectivity index (χ4n) is 6.89. The highest BCUT2D eigenvalue weighted by atomic mass is 19.4. The fourth-order valence-corrected chi connectivity index (χ4v) is 6.89. The van der Waals surface area contributed by atoms with E-state index in [9.17, 15) is 38.1 Å². The molecule has 6 atom stereocenters. The second-order valence-corrected chi connectivity index (χ2v) is 11.4. The molecule has 2 aromatic rings. The van der Waals surface area contributed by atoms with Gasteiger partial charge in [-0.25, -0.2) is 9.59 Å². The second-order valence-electron chi connectivity index (χ2n) is 11.4. The largest absolute Gasteiger partial charge is 0.481 e. The van der Waals surface area contributed by atoms with Gasteiger partial charge in [-0.05, 0) is 50.6 Å². The standard InChI is InChI=1S/C29H31NO8.C2HF3O/c1-16(36-27(34)23(32)17-6-4-3-5-7-17)26(33)37-20-10-11-29(35)21-14-18-8-9-19(15-31)24-22(18)28(29,25(20)38-24)12-13-30(21)2;3-2(4,5)1-6/h3-10,16,21,23,25,31-32,35H,11-15H2,1-2H3;1H/t16-,21+,23-,25-,28-,29+;/m0./s1. The lowest BCUT2D eigenvalue weighted by Crippen LogP contribution is -2.74. The van der Waals surface area contributed by atoms with Crippen LogP contribution in [0.4, 0.5) is 13.2 Å². The van der Waals surface area contributed by atoms with E-state index in [1.54, 1.807) is 36.4 Å². The van der Waals surface area contributed by atoms with Gasteiger partial charge in [0.25, 0.3) is 0 Å². The van der Waals surface area contributed by atoms with Crippen molar-refractivity contribution < 1.29 is 57.1 Å². The van der Waals surface area contributed by atoms with Crippen molar-refractivity contribution in [3.05, 3.63) is 76.6 Å². The lowest BCUT2D eigenvalue weighted by Gasteiger charge is -2.61. The molecule has 1 spiro atoms. The van der Waals surface area contributed by atoms with Gasteiger partial charge in [0.05, 0.1) is 17.6 Å². The zero-order chi connectivity index (χ0) is 32.0. The maximum Gasteiger partial charge on any atom is 0.446 e. The zero-order valence-corrected chi connectivity index (χ0v) is 23.9. The maximum atomic E-state index is 13.1. The summed E-state index contributed by atoms with van der Waals surface area (Å²) in [6, 6.07) is 12.0. The molecule has 10 nitrogen and oxygen atoms in total. The van der Waals surface area contributed by atoms with Crippen molar-refractivity contribution in [2.45, 2.75) is 74.3 Å². The van der Waals surface area contributed by atoms with Crippen molar-refractivity contribution >= 4 is 18.2 Å². The molecule has 0 radical (unpaired) electrons. The number of carbonyl (C=O) groups excluding carboxylic acids is 3. The first-order chi connectivity index (χ1) is 20.8. The van der Waals surface area contributed by atoms with Crippen LogP contribution in [-0.4, -0.2) is 82.1 Å². The van der Waals surface area contributed by atoms with Crippen LogP contribution in [0, 0.1) is 0 Å². The minimum absolute atomic E-state index is 0.145. The van der Waals surface area contributed by atoms with Crippen molar-refractivity contribution in [1.29, 1.82) is 0 Å². The van der Waals surface area contributed by atoms with Crippen molar-refractivity contribution in [1.82, 2.24) is 4.90 Å². The van der Waals surface area contributed by atoms with Gasteiger partial charge in [0.2, 0.25) is 6.29 Å². The quantitative estimate of drug-likeness (QED) is 0.326. The number of hydrogen-bond acceptors (Lipinski definition) is 10. The molecule has 3 N–H and O–H groups in total. The fraction of sp³-hybridized carbons (Fsp3) is 0.452. The number of likely N-dealkylation sites (tertiary alicyclic amines) is 1. The molecule has 1 fully saturated rings. The average Bonchev–Trinajstić information content (AvgIpc) is 3.36. The summed E-state index contributed by atoms with van der Waals surface area (Å²) in [5.41, 5.74) is 0.943. The highest BCUT2D eigenvalue weighted by molar-refractivity contribution is 5.82. The van der Waals surface area contributed by atoms with Crippen LogP contribution >= 0.6 is 0 Å². The number of aliphatic hydroxyl groups is 3. The Kier molecular flexibility index (Phi) is 8.35. The Morgan fingerprint density at radius 1 is 1.18 bits per heavy atom. The Morgan fingerprint density at radius 3 is 2.50 bits per heavy atom. The van der Waals surface area contributed by atoms with Gasteiger partial charge < -0.3 is 34.4 Å². The van der Waals surface area contributed by atoms with Gasteiger partial charge >= 0.3 is 18.1 Å². The van der Waals surface area contributed by atoms with Crippen LogP contribution in [0.15, 0.2) is 54.3 Å². The molecule has 13 heteroatoms. The Hall–Kier alpha value is -3.78. The van der Waals surface area contributed by atoms with E-state index in [1.807, 2.05) is 19.2 Å². The molecule has 2 bridgehead atoms. The number of aliphatic hydroxyl groups excluding tert-OH is 2. The molecule has 44 heavy (non-hydrogen) atoms. The molecule has 6 rings (SSSR count). The molecule has 2 heterocycles. The van der Waals surface area contributed by atoms with E-state index in [1.165, 1.54) is 6.92 Å². The molecular formula is C31H32F3NO9. The van der Waals surface area contributed by atoms with E-state index < -0.39 is 53.7 Å². The number of hydrogen-bond donors (Lipinski definition) is 3. The van der Waals surface area contributed by atoms with Crippen LogP contribution in [0.1, 0.15) is 48.1 Å². The number of rotatable bonds is 6. The second kappa shape index (κ2) is 11.6. The normalized spacial score (nSPS) is 27.8. The Balaban J connectivity index is 0.000000584. The van der Waals surface area contributed by atoms with Gasteiger partial charge in [0.15, 0.2) is 18.3 Å². The lowest BCUT2D eigenvalue weighted by atomic mass is 9.50. The predicted molar refractivity (Wildman–Crippen MR) is 146 cm³/mol. The lowest BCUT2D eigenvalue weighted by molar-refractivity contribution is -0.178. The molecule has 4 aliphatic rings. The number of halogens is 3. The Bertz CT molecular complexity index is 1480. The van der Waals surface area contributed by atoms with Crippen molar-refractivity contribution in [2.75, 3.05) is 13.6 Å². The summed E-state index contributed by atoms with van der Waals surface area (Å²) in [4.78, 5) is 36.4. The smallest absolute Gasteiger partial charge is 0.446 e. The summed E-state index contributed by atoms with van der Waals surface area (Å²) < 4.78 is 48.7. The minimum Gasteiger partial charge on any atom is -0.481 e. The van der Waals surface area contributed by atoms with E-state index in [4.69, 9.17) is 19.0 Å². The van der Waals surface area contributed by atoms with E-state index >= 15 is 0 Å². The van der Waals surface area contributed by atoms with Gasteiger partial charge in [-0.15, -0.1) is 0 Å². The van der Waals surface area contributed by atoms with Crippen LogP contribution in [-0.2, 0) is 42.3 Å². The number of ether oxygens (including phenoxy) is 3. The molecule has 2 aliphatic carbocycles. The first-order valence-corrected chi connectivity index (χ1v) is 14.0. The molecule has 2 aromatic carbocycles. The van der Waals surface area contributed by atoms with Gasteiger partial charge in [-0.1, -0.05) is 42.5 Å². The number of likely N-dealkylation sites (N-methyl/N-ethyl adjacent to an activating group) is 1. The number of nitrogens with zero attached hydrogens (tertiary/aromatic N) is 1. The Morgan fingerprint density at radius 2 is 1.86 bits per heavy atom. The topological polar surface area (TPSA) is 143 Å². The Labute approximate surface area is 250 Å². The highest BCUT2D eigenvalue weighted by Crippen LogP contribution is 2.64. The van der Waals surface area contributed by atoms with Crippen LogP contribution in [0.25, 0.3) is 0 Å². The van der Waals surface area contributed by atoms with Gasteiger partial charge in [0, 0.05) is 23.6 Å². The third-order valence-corrected chi connectivity index (χ3v) is 8.94. The number of piperidine rings is 1. The molecular weight excluding hydrogens is 587 g/mol. The van der Waals surface area contributed by atoms with Gasteiger partial charge in [-0.3, -0.25) is 4.79 Å². The van der Waals surface area contributed by atoms with E-state index in [-0.39, 0.29) is 24.8 Å². The molecule has 1 saturated heterocycles. The van der Waals surface area contributed by atoms with Crippen molar-refractivity contribution in [2.24, 2.45) is 0 Å². The van der Waals surface area contributed by atoms with E-state index in [0.717, 1.165) is 17.7 Å². The predicted octanol–water partition coefficient (Wildman–Crippen LogP) is 2.41. The zero-order valence-electron chi connectivity index (χ0n) is 23.9. The summed E-state index contributed by atoms with van der Waals surface area (Å²) in [6.45, 7) is 1.89. The monoisotopic (exact) mass is 619 g/mol. The van der Waals surface area contributed by atoms with E-state index in [2.05, 4.69) is 4.90 Å². The van der Waals surface area contributed by atoms with Crippen LogP contribution in [0.5, 0.6) is 5.75 Å². The number of carbonyl (C=O) groups is 3. The molecule has 0 saturated carbocycles. The number of benzene rings is 2. The summed E-state index contributed by atoms with van der Waals surface area (Å²) in [6.07, 6.45) is -6.12.